The SMILES string of the molecule is CN(C)CCN(CCNc1ccnc2cc(Cl)ccc12)CCNc1ccnc2cc(Cl)ccc12. The Morgan fingerprint density at radius 2 is 1.18 bits per heavy atom. The lowest BCUT2D eigenvalue weighted by Gasteiger charge is -2.25. The van der Waals surface area contributed by atoms with Crippen LogP contribution in [0.4, 0.5) is 11.4 Å². The normalized spacial score (nSPS) is 11.6. The number of anilines is 2. The van der Waals surface area contributed by atoms with Gasteiger partial charge in [0.1, 0.15) is 0 Å². The molecule has 2 heterocycles. The summed E-state index contributed by atoms with van der Waals surface area (Å²) in [4.78, 5) is 13.5. The van der Waals surface area contributed by atoms with Gasteiger partial charge < -0.3 is 15.5 Å². The van der Waals surface area contributed by atoms with E-state index in [2.05, 4.69) is 44.5 Å². The lowest BCUT2D eigenvalue weighted by atomic mass is 10.2. The van der Waals surface area contributed by atoms with E-state index in [9.17, 15) is 0 Å². The summed E-state index contributed by atoms with van der Waals surface area (Å²) < 4.78 is 0. The maximum atomic E-state index is 6.12. The van der Waals surface area contributed by atoms with Gasteiger partial charge in [-0.15, -0.1) is 0 Å². The first kappa shape index (κ1) is 24.5. The van der Waals surface area contributed by atoms with Crippen molar-refractivity contribution in [3.8, 4) is 0 Å². The Morgan fingerprint density at radius 3 is 1.65 bits per heavy atom. The molecule has 0 fully saturated rings. The van der Waals surface area contributed by atoms with Crippen LogP contribution in [0.3, 0.4) is 0 Å². The Bertz CT molecular complexity index is 1160. The van der Waals surface area contributed by atoms with Crippen molar-refractivity contribution >= 4 is 56.4 Å². The van der Waals surface area contributed by atoms with Crippen molar-refractivity contribution in [3.63, 3.8) is 0 Å². The van der Waals surface area contributed by atoms with Crippen LogP contribution in [-0.2, 0) is 0 Å². The standard InChI is InChI=1S/C26H30Cl2N6/c1-33(2)15-16-34(13-11-31-23-7-9-29-25-17-19(27)3-5-21(23)25)14-12-32-24-8-10-30-26-18-20(28)4-6-22(24)26/h3-10,17-18H,11-16H2,1-2H3,(H,29,31)(H,30,32). The van der Waals surface area contributed by atoms with Crippen molar-refractivity contribution in [2.24, 2.45) is 0 Å². The zero-order valence-corrected chi connectivity index (χ0v) is 21.1. The van der Waals surface area contributed by atoms with E-state index in [1.807, 2.05) is 60.9 Å². The Labute approximate surface area is 210 Å². The van der Waals surface area contributed by atoms with Gasteiger partial charge >= 0.3 is 0 Å². The first-order valence-electron chi connectivity index (χ1n) is 11.4. The molecule has 0 aliphatic rings. The fraction of sp³-hybridized carbons (Fsp3) is 0.308. The highest BCUT2D eigenvalue weighted by Crippen LogP contribution is 2.25. The molecule has 0 aliphatic carbocycles. The summed E-state index contributed by atoms with van der Waals surface area (Å²) in [7, 11) is 4.22. The van der Waals surface area contributed by atoms with Crippen LogP contribution in [0, 0.1) is 0 Å². The maximum Gasteiger partial charge on any atom is 0.0737 e. The molecule has 0 amide bonds. The van der Waals surface area contributed by atoms with Crippen molar-refractivity contribution in [1.29, 1.82) is 0 Å². The second kappa shape index (κ2) is 11.7. The van der Waals surface area contributed by atoms with Gasteiger partial charge in [-0.3, -0.25) is 14.9 Å². The molecule has 0 unspecified atom stereocenters. The summed E-state index contributed by atoms with van der Waals surface area (Å²) in [5.74, 6) is 0. The molecule has 0 radical (unpaired) electrons. The fourth-order valence-electron chi connectivity index (χ4n) is 3.92. The van der Waals surface area contributed by atoms with Gasteiger partial charge in [0.2, 0.25) is 0 Å². The lowest BCUT2D eigenvalue weighted by molar-refractivity contribution is 0.255. The minimum absolute atomic E-state index is 0.699. The third kappa shape index (κ3) is 6.48. The zero-order chi connectivity index (χ0) is 23.9. The number of nitrogens with one attached hydrogen (secondary N) is 2. The van der Waals surface area contributed by atoms with Crippen LogP contribution >= 0.6 is 23.2 Å². The van der Waals surface area contributed by atoms with Gasteiger partial charge in [-0.1, -0.05) is 23.2 Å². The van der Waals surface area contributed by atoms with Gasteiger partial charge in [-0.2, -0.15) is 0 Å². The summed E-state index contributed by atoms with van der Waals surface area (Å²) in [6, 6.07) is 15.7. The van der Waals surface area contributed by atoms with Crippen molar-refractivity contribution in [1.82, 2.24) is 19.8 Å². The number of nitrogens with zero attached hydrogens (tertiary/aromatic N) is 4. The largest absolute Gasteiger partial charge is 0.383 e. The molecule has 0 saturated carbocycles. The lowest BCUT2D eigenvalue weighted by Crippen LogP contribution is -2.38. The monoisotopic (exact) mass is 496 g/mol. The fourth-order valence-corrected chi connectivity index (χ4v) is 4.26. The molecule has 4 aromatic rings. The summed E-state index contributed by atoms with van der Waals surface area (Å²) in [6.45, 7) is 5.54. The molecule has 8 heteroatoms. The number of hydrogen-bond acceptors (Lipinski definition) is 6. The van der Waals surface area contributed by atoms with Gasteiger partial charge in [-0.05, 0) is 62.6 Å². The van der Waals surface area contributed by atoms with Gasteiger partial charge in [0, 0.05) is 83.9 Å². The van der Waals surface area contributed by atoms with Crippen LogP contribution in [0.5, 0.6) is 0 Å². The minimum atomic E-state index is 0.699. The first-order valence-corrected chi connectivity index (χ1v) is 12.2. The molecule has 2 N–H and O–H groups in total. The number of aromatic nitrogens is 2. The minimum Gasteiger partial charge on any atom is -0.383 e. The molecular weight excluding hydrogens is 467 g/mol. The average molecular weight is 497 g/mol. The Morgan fingerprint density at radius 1 is 0.676 bits per heavy atom. The second-order valence-corrected chi connectivity index (χ2v) is 9.41. The summed E-state index contributed by atoms with van der Waals surface area (Å²) in [6.07, 6.45) is 3.64. The highest BCUT2D eigenvalue weighted by molar-refractivity contribution is 6.31. The van der Waals surface area contributed by atoms with E-state index < -0.39 is 0 Å². The molecule has 0 spiro atoms. The van der Waals surface area contributed by atoms with Gasteiger partial charge in [0.15, 0.2) is 0 Å². The number of benzene rings is 2. The predicted molar refractivity (Wildman–Crippen MR) is 145 cm³/mol. The topological polar surface area (TPSA) is 56.3 Å². The molecule has 0 atom stereocenters. The quantitative estimate of drug-likeness (QED) is 0.286. The highest BCUT2D eigenvalue weighted by atomic mass is 35.5. The zero-order valence-electron chi connectivity index (χ0n) is 19.6. The molecule has 34 heavy (non-hydrogen) atoms. The number of fused-ring (bicyclic) bond motifs is 2. The van der Waals surface area contributed by atoms with Crippen molar-refractivity contribution in [2.75, 3.05) is 64.0 Å². The number of pyridine rings is 2. The Balaban J connectivity index is 1.36. The van der Waals surface area contributed by atoms with Gasteiger partial charge in [-0.25, -0.2) is 0 Å². The van der Waals surface area contributed by atoms with E-state index >= 15 is 0 Å². The molecule has 4 rings (SSSR count). The average Bonchev–Trinajstić information content (AvgIpc) is 2.81. The summed E-state index contributed by atoms with van der Waals surface area (Å²) in [5.41, 5.74) is 3.96. The highest BCUT2D eigenvalue weighted by Gasteiger charge is 2.08. The smallest absolute Gasteiger partial charge is 0.0737 e. The summed E-state index contributed by atoms with van der Waals surface area (Å²) in [5, 5.41) is 10.7. The van der Waals surface area contributed by atoms with Crippen molar-refractivity contribution in [2.45, 2.75) is 0 Å². The van der Waals surface area contributed by atoms with E-state index in [0.717, 1.165) is 72.4 Å². The van der Waals surface area contributed by atoms with Crippen LogP contribution in [-0.4, -0.2) is 73.1 Å². The molecule has 2 aromatic carbocycles. The van der Waals surface area contributed by atoms with Crippen LogP contribution in [0.25, 0.3) is 21.8 Å². The van der Waals surface area contributed by atoms with Crippen molar-refractivity contribution in [3.05, 3.63) is 71.0 Å². The van der Waals surface area contributed by atoms with E-state index in [1.165, 1.54) is 0 Å². The van der Waals surface area contributed by atoms with E-state index in [-0.39, 0.29) is 0 Å². The molecule has 0 aliphatic heterocycles. The number of rotatable bonds is 11. The number of hydrogen-bond donors (Lipinski definition) is 2. The number of likely N-dealkylation sites (N-methyl/N-ethyl adjacent to an activating group) is 1. The van der Waals surface area contributed by atoms with Gasteiger partial charge in [0.05, 0.1) is 11.0 Å². The molecular formula is C26H30Cl2N6. The molecule has 0 saturated heterocycles. The second-order valence-electron chi connectivity index (χ2n) is 8.54. The molecule has 0 bridgehead atoms. The van der Waals surface area contributed by atoms with Crippen LogP contribution in [0.1, 0.15) is 0 Å². The molecule has 178 valence electrons. The first-order chi connectivity index (χ1) is 16.5. The van der Waals surface area contributed by atoms with E-state index in [0.29, 0.717) is 10.0 Å². The number of halogens is 2. The Hall–Kier alpha value is -2.64. The van der Waals surface area contributed by atoms with Crippen LogP contribution in [0.15, 0.2) is 60.9 Å². The molecule has 2 aromatic heterocycles. The van der Waals surface area contributed by atoms with Crippen LogP contribution in [0.2, 0.25) is 10.0 Å². The molecule has 6 nitrogen and oxygen atoms in total. The van der Waals surface area contributed by atoms with Crippen molar-refractivity contribution < 1.29 is 0 Å². The predicted octanol–water partition coefficient (Wildman–Crippen LogP) is 5.48. The summed E-state index contributed by atoms with van der Waals surface area (Å²) >= 11 is 12.2. The van der Waals surface area contributed by atoms with E-state index in [4.69, 9.17) is 23.2 Å². The third-order valence-electron chi connectivity index (χ3n) is 5.76. The van der Waals surface area contributed by atoms with Gasteiger partial charge in [0.25, 0.3) is 0 Å². The maximum absolute atomic E-state index is 6.12. The van der Waals surface area contributed by atoms with E-state index in [1.54, 1.807) is 0 Å². The van der Waals surface area contributed by atoms with Crippen LogP contribution < -0.4 is 10.6 Å². The Kier molecular flexibility index (Phi) is 8.40. The third-order valence-corrected chi connectivity index (χ3v) is 6.23.